The molecule has 4 rings (SSSR count). The highest BCUT2D eigenvalue weighted by Crippen LogP contribution is 2.27. The van der Waals surface area contributed by atoms with E-state index in [0.717, 1.165) is 17.2 Å². The van der Waals surface area contributed by atoms with Gasteiger partial charge in [-0.25, -0.2) is 9.97 Å². The van der Waals surface area contributed by atoms with E-state index in [4.69, 9.17) is 4.74 Å². The first-order valence-electron chi connectivity index (χ1n) is 8.82. The minimum absolute atomic E-state index is 0.0677. The van der Waals surface area contributed by atoms with Gasteiger partial charge in [-0.05, 0) is 30.2 Å². The highest BCUT2D eigenvalue weighted by Gasteiger charge is 2.22. The van der Waals surface area contributed by atoms with Crippen LogP contribution in [0.4, 0.5) is 5.82 Å². The van der Waals surface area contributed by atoms with E-state index in [1.165, 1.54) is 6.33 Å². The Balaban J connectivity index is 1.60. The van der Waals surface area contributed by atoms with Crippen molar-refractivity contribution in [3.63, 3.8) is 0 Å². The molecule has 136 valence electrons. The molecule has 1 atom stereocenters. The highest BCUT2D eigenvalue weighted by molar-refractivity contribution is 5.43. The zero-order chi connectivity index (χ0) is 18.6. The molecule has 1 N–H and O–H groups in total. The molecule has 0 amide bonds. The fourth-order valence-corrected chi connectivity index (χ4v) is 2.84. The summed E-state index contributed by atoms with van der Waals surface area (Å²) < 4.78 is 7.78. The number of benzene rings is 1. The number of hydrogen-bond donors (Lipinski definition) is 1. The number of aromatic nitrogens is 5. The summed E-state index contributed by atoms with van der Waals surface area (Å²) >= 11 is 0. The number of nitrogens with zero attached hydrogens (tertiary/aromatic N) is 5. The molecule has 0 fully saturated rings. The van der Waals surface area contributed by atoms with Crippen molar-refractivity contribution < 1.29 is 4.74 Å². The molecule has 7 heteroatoms. The maximum atomic E-state index is 5.80. The molecule has 0 saturated heterocycles. The van der Waals surface area contributed by atoms with E-state index in [0.29, 0.717) is 11.7 Å². The molecule has 0 aliphatic carbocycles. The number of hydrogen-bond acceptors (Lipinski definition) is 6. The Labute approximate surface area is 157 Å². The Morgan fingerprint density at radius 2 is 1.78 bits per heavy atom. The summed E-state index contributed by atoms with van der Waals surface area (Å²) in [6.07, 6.45) is 3.45. The largest absolute Gasteiger partial charge is 0.439 e. The quantitative estimate of drug-likeness (QED) is 0.557. The first kappa shape index (κ1) is 17.0. The molecule has 0 aliphatic heterocycles. The van der Waals surface area contributed by atoms with Gasteiger partial charge in [-0.15, -0.1) is 10.2 Å². The predicted molar refractivity (Wildman–Crippen MR) is 103 cm³/mol. The lowest BCUT2D eigenvalue weighted by Gasteiger charge is -2.21. The van der Waals surface area contributed by atoms with Gasteiger partial charge in [0.05, 0.1) is 6.04 Å². The van der Waals surface area contributed by atoms with E-state index in [1.54, 1.807) is 6.07 Å². The lowest BCUT2D eigenvalue weighted by Crippen LogP contribution is -2.20. The average molecular weight is 360 g/mol. The van der Waals surface area contributed by atoms with Crippen LogP contribution in [0.5, 0.6) is 11.6 Å². The van der Waals surface area contributed by atoms with Crippen LogP contribution < -0.4 is 10.1 Å². The van der Waals surface area contributed by atoms with Gasteiger partial charge in [0.15, 0.2) is 11.5 Å². The van der Waals surface area contributed by atoms with Crippen LogP contribution in [0, 0.1) is 5.92 Å². The summed E-state index contributed by atoms with van der Waals surface area (Å²) in [4.78, 5) is 8.53. The van der Waals surface area contributed by atoms with Gasteiger partial charge < -0.3 is 10.1 Å². The number of rotatable bonds is 6. The molecule has 0 saturated carbocycles. The van der Waals surface area contributed by atoms with Gasteiger partial charge in [0.25, 0.3) is 0 Å². The van der Waals surface area contributed by atoms with Crippen LogP contribution in [0.25, 0.3) is 5.65 Å². The van der Waals surface area contributed by atoms with Gasteiger partial charge >= 0.3 is 0 Å². The van der Waals surface area contributed by atoms with Crippen LogP contribution in [-0.4, -0.2) is 24.6 Å². The second kappa shape index (κ2) is 7.41. The van der Waals surface area contributed by atoms with Crippen molar-refractivity contribution in [2.75, 3.05) is 5.32 Å². The number of fused-ring (bicyclic) bond motifs is 1. The predicted octanol–water partition coefficient (Wildman–Crippen LogP) is 4.12. The maximum Gasteiger partial charge on any atom is 0.224 e. The van der Waals surface area contributed by atoms with Gasteiger partial charge in [0.2, 0.25) is 5.88 Å². The smallest absolute Gasteiger partial charge is 0.224 e. The zero-order valence-corrected chi connectivity index (χ0v) is 15.1. The number of pyridine rings is 1. The van der Waals surface area contributed by atoms with Crippen LogP contribution in [0.1, 0.15) is 25.7 Å². The summed E-state index contributed by atoms with van der Waals surface area (Å²) in [5.41, 5.74) is 0.815. The van der Waals surface area contributed by atoms with Crippen molar-refractivity contribution in [3.8, 4) is 11.6 Å². The lowest BCUT2D eigenvalue weighted by molar-refractivity contribution is 0.461. The van der Waals surface area contributed by atoms with Gasteiger partial charge in [0.1, 0.15) is 17.9 Å². The van der Waals surface area contributed by atoms with Crippen LogP contribution in [-0.2, 0) is 0 Å². The maximum absolute atomic E-state index is 5.80. The van der Waals surface area contributed by atoms with Crippen LogP contribution >= 0.6 is 0 Å². The molecule has 27 heavy (non-hydrogen) atoms. The first-order chi connectivity index (χ1) is 13.2. The summed E-state index contributed by atoms with van der Waals surface area (Å²) in [6, 6.07) is 17.1. The van der Waals surface area contributed by atoms with E-state index < -0.39 is 0 Å². The Morgan fingerprint density at radius 1 is 0.963 bits per heavy atom. The third-order valence-electron chi connectivity index (χ3n) is 4.20. The first-order valence-corrected chi connectivity index (χ1v) is 8.82. The van der Waals surface area contributed by atoms with Gasteiger partial charge in [0, 0.05) is 12.3 Å². The van der Waals surface area contributed by atoms with Gasteiger partial charge in [-0.1, -0.05) is 38.1 Å². The van der Waals surface area contributed by atoms with Crippen LogP contribution in [0.15, 0.2) is 67.1 Å². The number of nitrogens with one attached hydrogen (secondary N) is 1. The Hall–Kier alpha value is -3.48. The van der Waals surface area contributed by atoms with Crippen LogP contribution in [0.2, 0.25) is 0 Å². The zero-order valence-electron chi connectivity index (χ0n) is 15.1. The number of anilines is 1. The monoisotopic (exact) mass is 360 g/mol. The Morgan fingerprint density at radius 3 is 2.59 bits per heavy atom. The second-order valence-electron chi connectivity index (χ2n) is 6.51. The number of ether oxygens (including phenoxy) is 1. The molecule has 0 radical (unpaired) electrons. The van der Waals surface area contributed by atoms with E-state index in [1.807, 2.05) is 59.1 Å². The molecule has 0 bridgehead atoms. The molecule has 1 unspecified atom stereocenters. The molecular weight excluding hydrogens is 340 g/mol. The summed E-state index contributed by atoms with van der Waals surface area (Å²) in [5.74, 6) is 2.98. The van der Waals surface area contributed by atoms with Gasteiger partial charge in [-0.3, -0.25) is 4.40 Å². The van der Waals surface area contributed by atoms with Crippen molar-refractivity contribution in [3.05, 3.63) is 72.9 Å². The van der Waals surface area contributed by atoms with Crippen molar-refractivity contribution in [2.24, 2.45) is 5.92 Å². The van der Waals surface area contributed by atoms with Crippen molar-refractivity contribution >= 4 is 11.5 Å². The van der Waals surface area contributed by atoms with E-state index in [9.17, 15) is 0 Å². The standard InChI is InChI=1S/C20H20N6O/c1-14(2)19(20-25-24-17-10-6-7-11-26(17)20)23-16-12-18(22-13-21-16)27-15-8-4-3-5-9-15/h3-14,19H,1-2H3,(H,21,22,23). The van der Waals surface area contributed by atoms with E-state index >= 15 is 0 Å². The second-order valence-corrected chi connectivity index (χ2v) is 6.51. The van der Waals surface area contributed by atoms with E-state index in [2.05, 4.69) is 39.3 Å². The SMILES string of the molecule is CC(C)C(Nc1cc(Oc2ccccc2)ncn1)c1nnc2ccccn12. The molecule has 3 aromatic heterocycles. The number of para-hydroxylation sites is 1. The van der Waals surface area contributed by atoms with Crippen LogP contribution in [0.3, 0.4) is 0 Å². The third-order valence-corrected chi connectivity index (χ3v) is 4.20. The molecular formula is C20H20N6O. The Bertz CT molecular complexity index is 1030. The molecule has 4 aromatic rings. The van der Waals surface area contributed by atoms with E-state index in [-0.39, 0.29) is 12.0 Å². The molecule has 3 heterocycles. The topological polar surface area (TPSA) is 77.2 Å². The fourth-order valence-electron chi connectivity index (χ4n) is 2.84. The average Bonchev–Trinajstić information content (AvgIpc) is 3.11. The van der Waals surface area contributed by atoms with Crippen molar-refractivity contribution in [2.45, 2.75) is 19.9 Å². The molecule has 1 aromatic carbocycles. The molecule has 0 spiro atoms. The molecule has 0 aliphatic rings. The fraction of sp³-hybridized carbons (Fsp3) is 0.200. The van der Waals surface area contributed by atoms with Crippen molar-refractivity contribution in [1.29, 1.82) is 0 Å². The Kier molecular flexibility index (Phi) is 4.65. The highest BCUT2D eigenvalue weighted by atomic mass is 16.5. The van der Waals surface area contributed by atoms with Crippen molar-refractivity contribution in [1.82, 2.24) is 24.6 Å². The third kappa shape index (κ3) is 3.72. The summed E-state index contributed by atoms with van der Waals surface area (Å²) in [5, 5.41) is 12.1. The minimum Gasteiger partial charge on any atom is -0.439 e. The molecule has 7 nitrogen and oxygen atoms in total. The normalized spacial score (nSPS) is 12.3. The summed E-state index contributed by atoms with van der Waals surface area (Å²) in [7, 11) is 0. The lowest BCUT2D eigenvalue weighted by atomic mass is 10.0. The van der Waals surface area contributed by atoms with Gasteiger partial charge in [-0.2, -0.15) is 0 Å². The summed E-state index contributed by atoms with van der Waals surface area (Å²) in [6.45, 7) is 4.26. The minimum atomic E-state index is -0.0677.